The van der Waals surface area contributed by atoms with E-state index in [1.807, 2.05) is 13.8 Å². The highest BCUT2D eigenvalue weighted by molar-refractivity contribution is 4.60. The van der Waals surface area contributed by atoms with Crippen LogP contribution in [0.15, 0.2) is 0 Å². The standard InChI is InChI=1S/C13H27F/c1-4-5-6-7-8-9-10-11-13(14)12(2)3/h12-13H,4-11H2,1-3H3. The SMILES string of the molecule is CCCCCCCCCC(F)C(C)C. The van der Waals surface area contributed by atoms with Crippen molar-refractivity contribution in [3.63, 3.8) is 0 Å². The molecule has 14 heavy (non-hydrogen) atoms. The van der Waals surface area contributed by atoms with E-state index in [0.717, 1.165) is 12.8 Å². The molecule has 1 heteroatoms. The van der Waals surface area contributed by atoms with Gasteiger partial charge in [-0.25, -0.2) is 4.39 Å². The van der Waals surface area contributed by atoms with Crippen molar-refractivity contribution in [2.75, 3.05) is 0 Å². The van der Waals surface area contributed by atoms with Crippen LogP contribution >= 0.6 is 0 Å². The van der Waals surface area contributed by atoms with Crippen molar-refractivity contribution in [3.05, 3.63) is 0 Å². The summed E-state index contributed by atoms with van der Waals surface area (Å²) in [5.41, 5.74) is 0. The van der Waals surface area contributed by atoms with E-state index in [1.165, 1.54) is 38.5 Å². The minimum atomic E-state index is -0.578. The summed E-state index contributed by atoms with van der Waals surface area (Å²) < 4.78 is 13.2. The summed E-state index contributed by atoms with van der Waals surface area (Å²) in [6.45, 7) is 6.16. The van der Waals surface area contributed by atoms with E-state index < -0.39 is 6.17 Å². The highest BCUT2D eigenvalue weighted by atomic mass is 19.1. The third kappa shape index (κ3) is 8.52. The van der Waals surface area contributed by atoms with E-state index >= 15 is 0 Å². The molecule has 0 aliphatic heterocycles. The van der Waals surface area contributed by atoms with Gasteiger partial charge in [0.05, 0.1) is 0 Å². The van der Waals surface area contributed by atoms with E-state index in [2.05, 4.69) is 6.92 Å². The Hall–Kier alpha value is -0.0700. The molecule has 0 spiro atoms. The maximum Gasteiger partial charge on any atom is 0.102 e. The van der Waals surface area contributed by atoms with Gasteiger partial charge in [-0.05, 0) is 12.3 Å². The van der Waals surface area contributed by atoms with Crippen molar-refractivity contribution in [1.82, 2.24) is 0 Å². The smallest absolute Gasteiger partial charge is 0.102 e. The van der Waals surface area contributed by atoms with Crippen molar-refractivity contribution in [1.29, 1.82) is 0 Å². The van der Waals surface area contributed by atoms with Gasteiger partial charge in [0.25, 0.3) is 0 Å². The summed E-state index contributed by atoms with van der Waals surface area (Å²) in [4.78, 5) is 0. The zero-order valence-corrected chi connectivity index (χ0v) is 10.2. The lowest BCUT2D eigenvalue weighted by molar-refractivity contribution is 0.234. The summed E-state index contributed by atoms with van der Waals surface area (Å²) in [5, 5.41) is 0. The number of alkyl halides is 1. The Morgan fingerprint density at radius 3 is 1.86 bits per heavy atom. The van der Waals surface area contributed by atoms with E-state index in [1.54, 1.807) is 0 Å². The molecule has 0 bridgehead atoms. The fourth-order valence-electron chi connectivity index (χ4n) is 1.63. The highest BCUT2D eigenvalue weighted by Crippen LogP contribution is 2.15. The molecule has 0 N–H and O–H groups in total. The van der Waals surface area contributed by atoms with Gasteiger partial charge in [-0.3, -0.25) is 0 Å². The van der Waals surface area contributed by atoms with Crippen LogP contribution in [-0.2, 0) is 0 Å². The monoisotopic (exact) mass is 202 g/mol. The predicted octanol–water partition coefficient (Wildman–Crippen LogP) is 5.12. The Morgan fingerprint density at radius 1 is 0.857 bits per heavy atom. The Morgan fingerprint density at radius 2 is 1.36 bits per heavy atom. The van der Waals surface area contributed by atoms with E-state index in [4.69, 9.17) is 0 Å². The van der Waals surface area contributed by atoms with Crippen LogP contribution in [0.3, 0.4) is 0 Å². The molecule has 0 saturated carbocycles. The first kappa shape index (κ1) is 13.9. The molecule has 1 atom stereocenters. The number of unbranched alkanes of at least 4 members (excludes halogenated alkanes) is 6. The number of hydrogen-bond donors (Lipinski definition) is 0. The Bertz CT molecular complexity index is 110. The molecule has 0 rings (SSSR count). The van der Waals surface area contributed by atoms with Crippen LogP contribution in [-0.4, -0.2) is 6.17 Å². The first-order valence-electron chi connectivity index (χ1n) is 6.32. The van der Waals surface area contributed by atoms with Gasteiger partial charge in [0.2, 0.25) is 0 Å². The lowest BCUT2D eigenvalue weighted by Crippen LogP contribution is -2.08. The average molecular weight is 202 g/mol. The lowest BCUT2D eigenvalue weighted by atomic mass is 10.0. The first-order valence-corrected chi connectivity index (χ1v) is 6.32. The van der Waals surface area contributed by atoms with Gasteiger partial charge in [0, 0.05) is 0 Å². The van der Waals surface area contributed by atoms with Crippen LogP contribution in [0.25, 0.3) is 0 Å². The maximum absolute atomic E-state index is 13.2. The summed E-state index contributed by atoms with van der Waals surface area (Å²) >= 11 is 0. The summed E-state index contributed by atoms with van der Waals surface area (Å²) in [7, 11) is 0. The van der Waals surface area contributed by atoms with Gasteiger partial charge in [0.15, 0.2) is 0 Å². The summed E-state index contributed by atoms with van der Waals surface area (Å²) in [6, 6.07) is 0. The zero-order chi connectivity index (χ0) is 10.8. The minimum absolute atomic E-state index is 0.204. The van der Waals surface area contributed by atoms with Gasteiger partial charge in [-0.15, -0.1) is 0 Å². The predicted molar refractivity (Wildman–Crippen MR) is 62.3 cm³/mol. The van der Waals surface area contributed by atoms with E-state index in [-0.39, 0.29) is 5.92 Å². The number of halogens is 1. The highest BCUT2D eigenvalue weighted by Gasteiger charge is 2.09. The molecule has 0 fully saturated rings. The Labute approximate surface area is 89.3 Å². The molecular formula is C13H27F. The van der Waals surface area contributed by atoms with Gasteiger partial charge >= 0.3 is 0 Å². The number of hydrogen-bond acceptors (Lipinski definition) is 0. The zero-order valence-electron chi connectivity index (χ0n) is 10.2. The number of rotatable bonds is 9. The molecule has 1 unspecified atom stereocenters. The van der Waals surface area contributed by atoms with Crippen LogP contribution in [0.1, 0.15) is 72.1 Å². The molecular weight excluding hydrogens is 175 g/mol. The Balaban J connectivity index is 3.06. The molecule has 0 aliphatic rings. The summed E-state index contributed by atoms with van der Waals surface area (Å²) in [5.74, 6) is 0.204. The van der Waals surface area contributed by atoms with Crippen LogP contribution in [0.4, 0.5) is 4.39 Å². The molecule has 0 radical (unpaired) electrons. The molecule has 0 nitrogen and oxygen atoms in total. The van der Waals surface area contributed by atoms with Crippen LogP contribution in [0.5, 0.6) is 0 Å². The minimum Gasteiger partial charge on any atom is -0.247 e. The van der Waals surface area contributed by atoms with Crippen LogP contribution in [0, 0.1) is 5.92 Å². The topological polar surface area (TPSA) is 0 Å². The second-order valence-corrected chi connectivity index (χ2v) is 4.67. The molecule has 0 aromatic rings. The molecule has 0 saturated heterocycles. The van der Waals surface area contributed by atoms with Gasteiger partial charge in [0.1, 0.15) is 6.17 Å². The largest absolute Gasteiger partial charge is 0.247 e. The molecule has 0 aromatic heterocycles. The normalized spacial score (nSPS) is 13.5. The van der Waals surface area contributed by atoms with Gasteiger partial charge in [-0.1, -0.05) is 65.7 Å². The molecule has 0 amide bonds. The van der Waals surface area contributed by atoms with Gasteiger partial charge in [-0.2, -0.15) is 0 Å². The fraction of sp³-hybridized carbons (Fsp3) is 1.00. The van der Waals surface area contributed by atoms with Crippen molar-refractivity contribution < 1.29 is 4.39 Å². The van der Waals surface area contributed by atoms with Crippen molar-refractivity contribution in [2.45, 2.75) is 78.3 Å². The lowest BCUT2D eigenvalue weighted by Gasteiger charge is -2.10. The molecule has 0 aromatic carbocycles. The maximum atomic E-state index is 13.2. The third-order valence-corrected chi connectivity index (χ3v) is 2.81. The van der Waals surface area contributed by atoms with Crippen LogP contribution < -0.4 is 0 Å². The second kappa shape index (κ2) is 9.48. The average Bonchev–Trinajstić information content (AvgIpc) is 2.16. The summed E-state index contributed by atoms with van der Waals surface area (Å²) in [6.07, 6.45) is 9.15. The van der Waals surface area contributed by atoms with E-state index in [0.29, 0.717) is 0 Å². The van der Waals surface area contributed by atoms with Crippen LogP contribution in [0.2, 0.25) is 0 Å². The third-order valence-electron chi connectivity index (χ3n) is 2.81. The fourth-order valence-corrected chi connectivity index (χ4v) is 1.63. The Kier molecular flexibility index (Phi) is 9.44. The van der Waals surface area contributed by atoms with E-state index in [9.17, 15) is 4.39 Å². The molecule has 0 heterocycles. The molecule has 86 valence electrons. The quantitative estimate of drug-likeness (QED) is 0.455. The van der Waals surface area contributed by atoms with Gasteiger partial charge < -0.3 is 0 Å². The first-order chi connectivity index (χ1) is 6.68. The van der Waals surface area contributed by atoms with Crippen molar-refractivity contribution in [2.24, 2.45) is 5.92 Å². The molecule has 0 aliphatic carbocycles. The van der Waals surface area contributed by atoms with Crippen molar-refractivity contribution >= 4 is 0 Å². The second-order valence-electron chi connectivity index (χ2n) is 4.67. The van der Waals surface area contributed by atoms with Crippen molar-refractivity contribution in [3.8, 4) is 0 Å².